The van der Waals surface area contributed by atoms with Crippen LogP contribution >= 0.6 is 23.8 Å². The molecule has 0 aliphatic heterocycles. The Morgan fingerprint density at radius 2 is 2.25 bits per heavy atom. The van der Waals surface area contributed by atoms with Crippen molar-refractivity contribution in [2.75, 3.05) is 11.9 Å². The lowest BCUT2D eigenvalue weighted by Gasteiger charge is -2.09. The Hall–Kier alpha value is -1.33. The van der Waals surface area contributed by atoms with Crippen LogP contribution in [0.1, 0.15) is 6.42 Å². The fraction of sp³-hybridized carbons (Fsp3) is 0.200. The van der Waals surface area contributed by atoms with Crippen LogP contribution in [0.3, 0.4) is 0 Å². The number of rotatable bonds is 4. The van der Waals surface area contributed by atoms with Gasteiger partial charge in [0.25, 0.3) is 0 Å². The number of benzene rings is 1. The van der Waals surface area contributed by atoms with E-state index in [9.17, 15) is 4.79 Å². The molecule has 6 heteroatoms. The molecule has 1 rings (SSSR count). The average molecular weight is 259 g/mol. The molecule has 86 valence electrons. The van der Waals surface area contributed by atoms with Gasteiger partial charge in [-0.25, -0.2) is 0 Å². The lowest BCUT2D eigenvalue weighted by molar-refractivity contribution is -0.136. The van der Waals surface area contributed by atoms with Gasteiger partial charge in [0.05, 0.1) is 6.42 Å². The van der Waals surface area contributed by atoms with E-state index in [2.05, 4.69) is 10.6 Å². The van der Waals surface area contributed by atoms with Gasteiger partial charge in [-0.05, 0) is 30.4 Å². The number of hydrogen-bond acceptors (Lipinski definition) is 2. The van der Waals surface area contributed by atoms with E-state index in [4.69, 9.17) is 28.9 Å². The van der Waals surface area contributed by atoms with Gasteiger partial charge in [0.1, 0.15) is 0 Å². The molecule has 0 saturated heterocycles. The second kappa shape index (κ2) is 6.30. The van der Waals surface area contributed by atoms with E-state index in [1.54, 1.807) is 18.2 Å². The van der Waals surface area contributed by atoms with Crippen LogP contribution in [0.25, 0.3) is 0 Å². The van der Waals surface area contributed by atoms with Crippen molar-refractivity contribution in [2.24, 2.45) is 0 Å². The zero-order chi connectivity index (χ0) is 12.0. The van der Waals surface area contributed by atoms with Crippen molar-refractivity contribution in [1.29, 1.82) is 0 Å². The smallest absolute Gasteiger partial charge is 0.305 e. The maximum Gasteiger partial charge on any atom is 0.305 e. The number of carboxylic acid groups (broad SMARTS) is 1. The van der Waals surface area contributed by atoms with Crippen LogP contribution in [-0.2, 0) is 4.79 Å². The van der Waals surface area contributed by atoms with Crippen LogP contribution in [0.4, 0.5) is 5.69 Å². The minimum absolute atomic E-state index is 0.0252. The molecule has 0 atom stereocenters. The van der Waals surface area contributed by atoms with E-state index in [0.29, 0.717) is 16.7 Å². The molecule has 1 aromatic carbocycles. The van der Waals surface area contributed by atoms with Gasteiger partial charge in [0, 0.05) is 17.3 Å². The Morgan fingerprint density at radius 3 is 2.88 bits per heavy atom. The molecule has 4 nitrogen and oxygen atoms in total. The third-order valence-corrected chi connectivity index (χ3v) is 2.19. The zero-order valence-corrected chi connectivity index (χ0v) is 9.94. The number of aliphatic carboxylic acids is 1. The monoisotopic (exact) mass is 258 g/mol. The zero-order valence-electron chi connectivity index (χ0n) is 8.37. The summed E-state index contributed by atoms with van der Waals surface area (Å²) in [6.07, 6.45) is 0.0252. The van der Waals surface area contributed by atoms with Gasteiger partial charge in [0.2, 0.25) is 0 Å². The van der Waals surface area contributed by atoms with Gasteiger partial charge < -0.3 is 15.7 Å². The second-order valence-corrected chi connectivity index (χ2v) is 3.88. The van der Waals surface area contributed by atoms with Crippen molar-refractivity contribution in [1.82, 2.24) is 5.32 Å². The first-order chi connectivity index (χ1) is 7.58. The van der Waals surface area contributed by atoms with E-state index in [1.165, 1.54) is 0 Å². The van der Waals surface area contributed by atoms with Crippen LogP contribution < -0.4 is 10.6 Å². The van der Waals surface area contributed by atoms with E-state index in [1.807, 2.05) is 6.07 Å². The lowest BCUT2D eigenvalue weighted by atomic mass is 10.3. The molecule has 0 amide bonds. The van der Waals surface area contributed by atoms with Gasteiger partial charge in [-0.2, -0.15) is 0 Å². The van der Waals surface area contributed by atoms with Crippen molar-refractivity contribution >= 4 is 40.6 Å². The van der Waals surface area contributed by atoms with E-state index in [0.717, 1.165) is 5.69 Å². The third kappa shape index (κ3) is 4.95. The average Bonchev–Trinajstić information content (AvgIpc) is 2.16. The maximum absolute atomic E-state index is 10.3. The van der Waals surface area contributed by atoms with Crippen molar-refractivity contribution in [2.45, 2.75) is 6.42 Å². The quantitative estimate of drug-likeness (QED) is 0.722. The summed E-state index contributed by atoms with van der Waals surface area (Å²) in [7, 11) is 0. The lowest BCUT2D eigenvalue weighted by Crippen LogP contribution is -2.30. The predicted molar refractivity (Wildman–Crippen MR) is 67.9 cm³/mol. The molecule has 1 aromatic rings. The maximum atomic E-state index is 10.3. The third-order valence-electron chi connectivity index (χ3n) is 1.71. The number of hydrogen-bond donors (Lipinski definition) is 3. The number of thiocarbonyl (C=S) groups is 1. The van der Waals surface area contributed by atoms with Crippen LogP contribution in [0.5, 0.6) is 0 Å². The molecule has 0 aliphatic carbocycles. The first-order valence-electron chi connectivity index (χ1n) is 4.60. The van der Waals surface area contributed by atoms with Gasteiger partial charge in [-0.15, -0.1) is 0 Å². The van der Waals surface area contributed by atoms with Gasteiger partial charge in [0.15, 0.2) is 5.11 Å². The first-order valence-corrected chi connectivity index (χ1v) is 5.39. The number of carbonyl (C=O) groups is 1. The Balaban J connectivity index is 2.37. The number of nitrogens with one attached hydrogen (secondary N) is 2. The summed E-state index contributed by atoms with van der Waals surface area (Å²) < 4.78 is 0. The molecule has 16 heavy (non-hydrogen) atoms. The summed E-state index contributed by atoms with van der Waals surface area (Å²) in [6.45, 7) is 0.293. The SMILES string of the molecule is O=C(O)CCNC(=S)Nc1cccc(Cl)c1. The predicted octanol–water partition coefficient (Wildman–Crippen LogP) is 2.10. The Morgan fingerprint density at radius 1 is 1.50 bits per heavy atom. The van der Waals surface area contributed by atoms with E-state index >= 15 is 0 Å². The molecule has 0 heterocycles. The normalized spacial score (nSPS) is 9.56. The van der Waals surface area contributed by atoms with E-state index < -0.39 is 5.97 Å². The van der Waals surface area contributed by atoms with Gasteiger partial charge in [-0.1, -0.05) is 17.7 Å². The number of anilines is 1. The van der Waals surface area contributed by atoms with E-state index in [-0.39, 0.29) is 6.42 Å². The highest BCUT2D eigenvalue weighted by Gasteiger charge is 1.99. The highest BCUT2D eigenvalue weighted by atomic mass is 35.5. The molecule has 0 aliphatic rings. The Labute approximate surface area is 104 Å². The summed E-state index contributed by atoms with van der Waals surface area (Å²) in [6, 6.07) is 7.10. The highest BCUT2D eigenvalue weighted by Crippen LogP contribution is 2.14. The molecule has 3 N–H and O–H groups in total. The van der Waals surface area contributed by atoms with Crippen molar-refractivity contribution in [3.05, 3.63) is 29.3 Å². The Kier molecular flexibility index (Phi) is 5.01. The minimum atomic E-state index is -0.863. The molecule has 0 radical (unpaired) electrons. The first kappa shape index (κ1) is 12.7. The van der Waals surface area contributed by atoms with Crippen LogP contribution in [0, 0.1) is 0 Å². The van der Waals surface area contributed by atoms with Gasteiger partial charge >= 0.3 is 5.97 Å². The molecule has 0 spiro atoms. The summed E-state index contributed by atoms with van der Waals surface area (Å²) >= 11 is 10.8. The van der Waals surface area contributed by atoms with Crippen molar-refractivity contribution < 1.29 is 9.90 Å². The van der Waals surface area contributed by atoms with Crippen LogP contribution in [0.15, 0.2) is 24.3 Å². The molecule has 0 aromatic heterocycles. The summed E-state index contributed by atoms with van der Waals surface area (Å²) in [5.74, 6) is -0.863. The summed E-state index contributed by atoms with van der Waals surface area (Å²) in [4.78, 5) is 10.3. The van der Waals surface area contributed by atoms with Crippen LogP contribution in [0.2, 0.25) is 5.02 Å². The molecular formula is C10H11ClN2O2S. The molecule has 0 unspecified atom stereocenters. The fourth-order valence-corrected chi connectivity index (χ4v) is 1.43. The Bertz CT molecular complexity index is 398. The molecule has 0 bridgehead atoms. The van der Waals surface area contributed by atoms with Crippen molar-refractivity contribution in [3.8, 4) is 0 Å². The molecular weight excluding hydrogens is 248 g/mol. The number of halogens is 1. The standard InChI is InChI=1S/C10H11ClN2O2S/c11-7-2-1-3-8(6-7)13-10(16)12-5-4-9(14)15/h1-3,6H,4-5H2,(H,14,15)(H2,12,13,16). The highest BCUT2D eigenvalue weighted by molar-refractivity contribution is 7.80. The van der Waals surface area contributed by atoms with Gasteiger partial charge in [-0.3, -0.25) is 4.79 Å². The van der Waals surface area contributed by atoms with Crippen LogP contribution in [-0.4, -0.2) is 22.7 Å². The topological polar surface area (TPSA) is 61.4 Å². The fourth-order valence-electron chi connectivity index (χ4n) is 1.02. The second-order valence-electron chi connectivity index (χ2n) is 3.03. The summed E-state index contributed by atoms with van der Waals surface area (Å²) in [5, 5.41) is 15.1. The number of carboxylic acids is 1. The molecule has 0 saturated carbocycles. The summed E-state index contributed by atoms with van der Waals surface area (Å²) in [5.41, 5.74) is 0.764. The van der Waals surface area contributed by atoms with Crippen molar-refractivity contribution in [3.63, 3.8) is 0 Å². The minimum Gasteiger partial charge on any atom is -0.481 e. The molecule has 0 fully saturated rings. The largest absolute Gasteiger partial charge is 0.481 e.